The molecule has 2 bridgehead atoms. The van der Waals surface area contributed by atoms with E-state index in [0.29, 0.717) is 24.2 Å². The molecule has 2 saturated heterocycles. The van der Waals surface area contributed by atoms with Crippen LogP contribution in [0, 0.1) is 0 Å². The number of nitrogen functional groups attached to an aromatic ring is 1. The van der Waals surface area contributed by atoms with E-state index in [-0.39, 0.29) is 34.7 Å². The fourth-order valence-corrected chi connectivity index (χ4v) is 7.13. The maximum Gasteiger partial charge on any atom is 0.317 e. The highest BCUT2D eigenvalue weighted by Crippen LogP contribution is 2.45. The largest absolute Gasteiger partial charge is 0.382 e. The normalized spacial score (nSPS) is 21.1. The average molecular weight is 532 g/mol. The SMILES string of the molecule is CNC(=O)N1[C@@H]2CC[C@H]1C[C@@H](c1nc3c(-c4ccc(-c5ccccc5)nc4)cnn3c(N)c1S(C)(=O)=O)C2. The Hall–Kier alpha value is -3.99. The smallest absolute Gasteiger partial charge is 0.317 e. The number of aromatic nitrogens is 4. The molecule has 3 aromatic heterocycles. The number of urea groups is 1. The molecule has 2 fully saturated rings. The Balaban J connectivity index is 1.44. The van der Waals surface area contributed by atoms with Crippen molar-refractivity contribution in [3.05, 3.63) is 60.6 Å². The quantitative estimate of drug-likeness (QED) is 0.411. The highest BCUT2D eigenvalue weighted by Gasteiger charge is 2.45. The summed E-state index contributed by atoms with van der Waals surface area (Å²) in [5.74, 6) is -0.0968. The van der Waals surface area contributed by atoms with Gasteiger partial charge >= 0.3 is 6.03 Å². The third kappa shape index (κ3) is 3.97. The van der Waals surface area contributed by atoms with Crippen molar-refractivity contribution in [2.75, 3.05) is 19.0 Å². The van der Waals surface area contributed by atoms with Crippen LogP contribution < -0.4 is 11.1 Å². The van der Waals surface area contributed by atoms with Gasteiger partial charge in [0.05, 0.1) is 17.6 Å². The van der Waals surface area contributed by atoms with Crippen molar-refractivity contribution < 1.29 is 13.2 Å². The zero-order valence-electron chi connectivity index (χ0n) is 21.2. The molecule has 3 N–H and O–H groups in total. The summed E-state index contributed by atoms with van der Waals surface area (Å²) in [5.41, 5.74) is 10.8. The molecule has 2 amide bonds. The van der Waals surface area contributed by atoms with Crippen molar-refractivity contribution in [1.82, 2.24) is 29.8 Å². The predicted molar refractivity (Wildman–Crippen MR) is 144 cm³/mol. The molecule has 0 aliphatic carbocycles. The number of pyridine rings is 1. The van der Waals surface area contributed by atoms with Gasteiger partial charge in [0.1, 0.15) is 10.7 Å². The number of hydrogen-bond donors (Lipinski definition) is 2. The second-order valence-corrected chi connectivity index (χ2v) is 12.0. The van der Waals surface area contributed by atoms with Gasteiger partial charge in [0.15, 0.2) is 15.5 Å². The molecule has 11 heteroatoms. The Morgan fingerprint density at radius 2 is 1.74 bits per heavy atom. The van der Waals surface area contributed by atoms with Gasteiger partial charge in [-0.15, -0.1) is 0 Å². The number of carbonyl (C=O) groups is 1. The number of hydrogen-bond acceptors (Lipinski definition) is 7. The Kier molecular flexibility index (Phi) is 5.82. The first kappa shape index (κ1) is 24.4. The van der Waals surface area contributed by atoms with E-state index < -0.39 is 9.84 Å². The van der Waals surface area contributed by atoms with Crippen LogP contribution >= 0.6 is 0 Å². The second-order valence-electron chi connectivity index (χ2n) is 10.1. The lowest BCUT2D eigenvalue weighted by Gasteiger charge is -2.38. The highest BCUT2D eigenvalue weighted by atomic mass is 32.2. The van der Waals surface area contributed by atoms with Gasteiger partial charge in [-0.05, 0) is 31.7 Å². The zero-order valence-corrected chi connectivity index (χ0v) is 22.0. The van der Waals surface area contributed by atoms with Crippen molar-refractivity contribution in [1.29, 1.82) is 0 Å². The summed E-state index contributed by atoms with van der Waals surface area (Å²) in [4.78, 5) is 24.0. The van der Waals surface area contributed by atoms with E-state index in [4.69, 9.17) is 10.7 Å². The van der Waals surface area contributed by atoms with E-state index in [1.54, 1.807) is 19.4 Å². The highest BCUT2D eigenvalue weighted by molar-refractivity contribution is 7.91. The minimum Gasteiger partial charge on any atom is -0.382 e. The lowest BCUT2D eigenvalue weighted by molar-refractivity contribution is 0.138. The topological polar surface area (TPSA) is 136 Å². The summed E-state index contributed by atoms with van der Waals surface area (Å²) in [7, 11) is -2.07. The van der Waals surface area contributed by atoms with Crippen LogP contribution in [-0.4, -0.2) is 64.3 Å². The van der Waals surface area contributed by atoms with Gasteiger partial charge in [-0.2, -0.15) is 9.61 Å². The summed E-state index contributed by atoms with van der Waals surface area (Å²) >= 11 is 0. The molecule has 0 radical (unpaired) electrons. The predicted octanol–water partition coefficient (Wildman–Crippen LogP) is 3.49. The van der Waals surface area contributed by atoms with Crippen molar-refractivity contribution in [2.45, 2.75) is 48.6 Å². The molecule has 2 aliphatic heterocycles. The summed E-state index contributed by atoms with van der Waals surface area (Å²) in [5, 5.41) is 7.13. The van der Waals surface area contributed by atoms with Gasteiger partial charge in [-0.3, -0.25) is 4.98 Å². The Morgan fingerprint density at radius 1 is 1.03 bits per heavy atom. The maximum atomic E-state index is 13.0. The third-order valence-electron chi connectivity index (χ3n) is 7.75. The second kappa shape index (κ2) is 9.09. The summed E-state index contributed by atoms with van der Waals surface area (Å²) in [6, 6.07) is 13.8. The number of anilines is 1. The zero-order chi connectivity index (χ0) is 26.6. The molecule has 3 atom stereocenters. The fraction of sp³-hybridized carbons (Fsp3) is 0.333. The molecular weight excluding hydrogens is 502 g/mol. The van der Waals surface area contributed by atoms with Crippen molar-refractivity contribution in [2.24, 2.45) is 0 Å². The number of benzene rings is 1. The molecule has 0 saturated carbocycles. The number of nitrogens with two attached hydrogens (primary N) is 1. The molecule has 6 rings (SSSR count). The number of sulfone groups is 1. The van der Waals surface area contributed by atoms with Crippen LogP contribution in [-0.2, 0) is 9.84 Å². The van der Waals surface area contributed by atoms with Crippen LogP contribution in [0.15, 0.2) is 59.8 Å². The van der Waals surface area contributed by atoms with Crippen molar-refractivity contribution >= 4 is 27.3 Å². The molecule has 196 valence electrons. The van der Waals surface area contributed by atoms with Crippen LogP contribution in [0.4, 0.5) is 10.6 Å². The number of nitrogens with zero attached hydrogens (tertiary/aromatic N) is 5. The van der Waals surface area contributed by atoms with Crippen molar-refractivity contribution in [3.8, 4) is 22.4 Å². The van der Waals surface area contributed by atoms with Gasteiger partial charge in [-0.25, -0.2) is 18.2 Å². The van der Waals surface area contributed by atoms with Crippen LogP contribution in [0.2, 0.25) is 0 Å². The minimum absolute atomic E-state index is 0.0231. The monoisotopic (exact) mass is 531 g/mol. The molecule has 1 aromatic carbocycles. The van der Waals surface area contributed by atoms with E-state index in [0.717, 1.165) is 41.5 Å². The van der Waals surface area contributed by atoms with Gasteiger partial charge in [0, 0.05) is 54.2 Å². The molecule has 0 spiro atoms. The van der Waals surface area contributed by atoms with E-state index in [2.05, 4.69) is 15.4 Å². The molecular formula is C27H29N7O3S. The Morgan fingerprint density at radius 3 is 2.34 bits per heavy atom. The first-order chi connectivity index (χ1) is 18.3. The van der Waals surface area contributed by atoms with Gasteiger partial charge < -0.3 is 16.0 Å². The van der Waals surface area contributed by atoms with E-state index in [9.17, 15) is 13.2 Å². The lowest BCUT2D eigenvalue weighted by Crippen LogP contribution is -2.49. The standard InChI is InChI=1S/C27H29N7O3S/c1-29-27(35)33-19-9-10-20(33)13-18(12-19)23-24(38(2,36)37)25(28)34-26(32-23)21(15-31-34)17-8-11-22(30-14-17)16-6-4-3-5-7-16/h3-8,11,14-15,18-20H,9-10,12-13,28H2,1-2H3,(H,29,35)/t18-,19+,20-. The van der Waals surface area contributed by atoms with Crippen molar-refractivity contribution in [3.63, 3.8) is 0 Å². The van der Waals surface area contributed by atoms with Gasteiger partial charge in [-0.1, -0.05) is 36.4 Å². The number of amides is 2. The van der Waals surface area contributed by atoms with Crippen LogP contribution in [0.3, 0.4) is 0 Å². The summed E-state index contributed by atoms with van der Waals surface area (Å²) in [6.45, 7) is 0. The van der Waals surface area contributed by atoms with Crippen LogP contribution in [0.5, 0.6) is 0 Å². The number of rotatable bonds is 4. The maximum absolute atomic E-state index is 13.0. The minimum atomic E-state index is -3.70. The number of piperidine rings is 1. The van der Waals surface area contributed by atoms with Gasteiger partial charge in [0.2, 0.25) is 0 Å². The van der Waals surface area contributed by atoms with E-state index in [1.807, 2.05) is 47.4 Å². The third-order valence-corrected chi connectivity index (χ3v) is 8.91. The van der Waals surface area contributed by atoms with Crippen LogP contribution in [0.1, 0.15) is 37.3 Å². The molecule has 0 unspecified atom stereocenters. The van der Waals surface area contributed by atoms with E-state index >= 15 is 0 Å². The average Bonchev–Trinajstić information content (AvgIpc) is 3.46. The molecule has 2 aliphatic rings. The molecule has 4 aromatic rings. The first-order valence-electron chi connectivity index (χ1n) is 12.6. The Bertz CT molecular complexity index is 1620. The molecule has 5 heterocycles. The molecule has 38 heavy (non-hydrogen) atoms. The first-order valence-corrected chi connectivity index (χ1v) is 14.5. The number of nitrogens with one attached hydrogen (secondary N) is 1. The van der Waals surface area contributed by atoms with Crippen LogP contribution in [0.25, 0.3) is 28.0 Å². The summed E-state index contributed by atoms with van der Waals surface area (Å²) < 4.78 is 27.3. The molecule has 10 nitrogen and oxygen atoms in total. The number of fused-ring (bicyclic) bond motifs is 3. The summed E-state index contributed by atoms with van der Waals surface area (Å²) in [6.07, 6.45) is 7.60. The lowest BCUT2D eigenvalue weighted by atomic mass is 9.88. The van der Waals surface area contributed by atoms with E-state index in [1.165, 1.54) is 4.52 Å². The van der Waals surface area contributed by atoms with Gasteiger partial charge in [0.25, 0.3) is 0 Å². The Labute approximate surface area is 220 Å². The fourth-order valence-electron chi connectivity index (χ4n) is 6.07. The number of carbonyl (C=O) groups excluding carboxylic acids is 1.